The molecule has 0 amide bonds. The molecule has 2 aromatic carbocycles. The monoisotopic (exact) mass is 515 g/mol. The molecule has 1 atom stereocenters. The number of carboxylic acids is 1. The Morgan fingerprint density at radius 1 is 1.26 bits per heavy atom. The van der Waals surface area contributed by atoms with E-state index in [0.717, 1.165) is 5.56 Å². The molecule has 8 N–H and O–H groups in total. The summed E-state index contributed by atoms with van der Waals surface area (Å²) in [6.07, 6.45) is -0.323. The van der Waals surface area contributed by atoms with E-state index in [9.17, 15) is 9.90 Å². The lowest BCUT2D eigenvalue weighted by Crippen LogP contribution is -2.28. The summed E-state index contributed by atoms with van der Waals surface area (Å²) in [6, 6.07) is 9.48. The maximum atomic E-state index is 11.2. The minimum atomic E-state index is -1.07. The Kier molecular flexibility index (Phi) is 9.98. The van der Waals surface area contributed by atoms with Gasteiger partial charge in [-0.25, -0.2) is 4.99 Å². The predicted octanol–water partition coefficient (Wildman–Crippen LogP) is 2.47. The summed E-state index contributed by atoms with van der Waals surface area (Å²) in [5.41, 5.74) is 17.9. The van der Waals surface area contributed by atoms with E-state index in [1.165, 1.54) is 6.07 Å². The Labute approximate surface area is 192 Å². The standard InChI is InChI=1S/C19H23BrClN5O5/c20-12-7-14(18(29)15(21)8-12)16(9-17(27)28)26-30-5-4-24-31-10-11-2-1-3-13(6-11)25-19(22)23/h1-3,6-8,16,24,26,29H,4-5,9-10H2,(H,27,28)(H4,22,23,25). The molecule has 0 aliphatic carbocycles. The minimum absolute atomic E-state index is 0.0273. The molecule has 0 aliphatic heterocycles. The second kappa shape index (κ2) is 12.4. The number of aliphatic imine (C=N–C) groups is 1. The second-order valence-electron chi connectivity index (χ2n) is 6.33. The van der Waals surface area contributed by atoms with Crippen molar-refractivity contribution in [2.45, 2.75) is 19.1 Å². The molecule has 10 nitrogen and oxygen atoms in total. The van der Waals surface area contributed by atoms with Gasteiger partial charge in [0.15, 0.2) is 5.96 Å². The molecule has 0 heterocycles. The molecule has 0 aliphatic rings. The van der Waals surface area contributed by atoms with E-state index in [1.807, 2.05) is 6.07 Å². The highest BCUT2D eigenvalue weighted by Crippen LogP contribution is 2.36. The first kappa shape index (κ1) is 24.9. The van der Waals surface area contributed by atoms with Gasteiger partial charge in [0.05, 0.1) is 36.4 Å². The topological polar surface area (TPSA) is 164 Å². The zero-order valence-corrected chi connectivity index (χ0v) is 18.7. The fourth-order valence-electron chi connectivity index (χ4n) is 2.56. The number of carbonyl (C=O) groups is 1. The Balaban J connectivity index is 1.78. The van der Waals surface area contributed by atoms with E-state index in [4.69, 9.17) is 37.8 Å². The van der Waals surface area contributed by atoms with Gasteiger partial charge in [-0.1, -0.05) is 39.7 Å². The molecule has 31 heavy (non-hydrogen) atoms. The Morgan fingerprint density at radius 2 is 2.03 bits per heavy atom. The number of hydrogen-bond acceptors (Lipinski definition) is 7. The molecule has 0 fully saturated rings. The fraction of sp³-hybridized carbons (Fsp3) is 0.263. The number of aromatic hydroxyl groups is 1. The molecule has 168 valence electrons. The molecule has 0 bridgehead atoms. The quantitative estimate of drug-likeness (QED) is 0.108. The number of nitrogens with one attached hydrogen (secondary N) is 2. The zero-order chi connectivity index (χ0) is 22.8. The van der Waals surface area contributed by atoms with Crippen LogP contribution in [0.2, 0.25) is 5.02 Å². The van der Waals surface area contributed by atoms with E-state index >= 15 is 0 Å². The van der Waals surface area contributed by atoms with Gasteiger partial charge < -0.3 is 21.7 Å². The molecular formula is C19H23BrClN5O5. The first-order chi connectivity index (χ1) is 14.8. The summed E-state index contributed by atoms with van der Waals surface area (Å²) in [5, 5.41) is 19.4. The highest BCUT2D eigenvalue weighted by molar-refractivity contribution is 9.10. The maximum Gasteiger partial charge on any atom is 0.305 e. The third kappa shape index (κ3) is 8.69. The van der Waals surface area contributed by atoms with Gasteiger partial charge in [-0.2, -0.15) is 11.0 Å². The van der Waals surface area contributed by atoms with Crippen LogP contribution in [0.3, 0.4) is 0 Å². The van der Waals surface area contributed by atoms with Crippen molar-refractivity contribution in [1.82, 2.24) is 11.0 Å². The van der Waals surface area contributed by atoms with Crippen LogP contribution in [0.1, 0.15) is 23.6 Å². The predicted molar refractivity (Wildman–Crippen MR) is 120 cm³/mol. The lowest BCUT2D eigenvalue weighted by Gasteiger charge is -2.19. The fourth-order valence-corrected chi connectivity index (χ4v) is 3.40. The van der Waals surface area contributed by atoms with E-state index < -0.39 is 12.0 Å². The van der Waals surface area contributed by atoms with Crippen molar-refractivity contribution >= 4 is 45.1 Å². The highest BCUT2D eigenvalue weighted by Gasteiger charge is 2.21. The molecule has 2 rings (SSSR count). The van der Waals surface area contributed by atoms with Gasteiger partial charge in [0.1, 0.15) is 5.75 Å². The van der Waals surface area contributed by atoms with Crippen molar-refractivity contribution < 1.29 is 24.7 Å². The van der Waals surface area contributed by atoms with E-state index in [-0.39, 0.29) is 36.4 Å². The summed E-state index contributed by atoms with van der Waals surface area (Å²) in [4.78, 5) is 25.8. The van der Waals surface area contributed by atoms with Gasteiger partial charge >= 0.3 is 5.97 Å². The van der Waals surface area contributed by atoms with Crippen molar-refractivity contribution in [2.75, 3.05) is 13.2 Å². The number of phenolic OH excluding ortho intramolecular Hbond substituents is 1. The van der Waals surface area contributed by atoms with Gasteiger partial charge in [-0.05, 0) is 29.8 Å². The minimum Gasteiger partial charge on any atom is -0.506 e. The number of benzene rings is 2. The number of carboxylic acid groups (broad SMARTS) is 1. The van der Waals surface area contributed by atoms with E-state index in [1.54, 1.807) is 24.3 Å². The molecule has 12 heteroatoms. The number of rotatable bonds is 12. The van der Waals surface area contributed by atoms with Crippen molar-refractivity contribution in [1.29, 1.82) is 0 Å². The SMILES string of the molecule is NC(N)=Nc1cccc(CONCCONC(CC(=O)O)c2cc(Br)cc(Cl)c2O)c1. The molecule has 0 saturated heterocycles. The summed E-state index contributed by atoms with van der Waals surface area (Å²) in [5.74, 6) is -1.31. The summed E-state index contributed by atoms with van der Waals surface area (Å²) >= 11 is 9.23. The van der Waals surface area contributed by atoms with Gasteiger partial charge in [-0.15, -0.1) is 0 Å². The van der Waals surface area contributed by atoms with Crippen LogP contribution in [0.15, 0.2) is 45.9 Å². The lowest BCUT2D eigenvalue weighted by molar-refractivity contribution is -0.138. The van der Waals surface area contributed by atoms with Crippen LogP contribution in [0, 0.1) is 0 Å². The highest BCUT2D eigenvalue weighted by atomic mass is 79.9. The number of hydrogen-bond donors (Lipinski definition) is 6. The van der Waals surface area contributed by atoms with Crippen LogP contribution in [0.5, 0.6) is 5.75 Å². The largest absolute Gasteiger partial charge is 0.506 e. The summed E-state index contributed by atoms with van der Waals surface area (Å²) < 4.78 is 0.599. The normalized spacial score (nSPS) is 11.8. The number of halogens is 2. The number of aliphatic carboxylic acids is 1. The van der Waals surface area contributed by atoms with Gasteiger partial charge in [0.2, 0.25) is 0 Å². The number of nitrogens with two attached hydrogens (primary N) is 2. The molecule has 2 aromatic rings. The average molecular weight is 517 g/mol. The second-order valence-corrected chi connectivity index (χ2v) is 7.65. The maximum absolute atomic E-state index is 11.2. The zero-order valence-electron chi connectivity index (χ0n) is 16.3. The van der Waals surface area contributed by atoms with Crippen molar-refractivity contribution in [3.63, 3.8) is 0 Å². The third-order valence-corrected chi connectivity index (χ3v) is 4.60. The number of hydroxylamine groups is 2. The molecule has 1 unspecified atom stereocenters. The summed E-state index contributed by atoms with van der Waals surface area (Å²) in [7, 11) is 0. The first-order valence-electron chi connectivity index (χ1n) is 9.06. The Bertz CT molecular complexity index is 927. The molecule has 0 radical (unpaired) electrons. The smallest absolute Gasteiger partial charge is 0.305 e. The first-order valence-corrected chi connectivity index (χ1v) is 10.2. The van der Waals surface area contributed by atoms with Crippen molar-refractivity contribution in [2.24, 2.45) is 16.5 Å². The molecule has 0 saturated carbocycles. The number of nitrogens with zero attached hydrogens (tertiary/aromatic N) is 1. The van der Waals surface area contributed by atoms with Gasteiger partial charge in [-0.3, -0.25) is 14.5 Å². The van der Waals surface area contributed by atoms with Crippen LogP contribution < -0.4 is 22.4 Å². The van der Waals surface area contributed by atoms with Gasteiger partial charge in [0, 0.05) is 16.6 Å². The molecular weight excluding hydrogens is 494 g/mol. The van der Waals surface area contributed by atoms with Crippen LogP contribution in [0.25, 0.3) is 0 Å². The average Bonchev–Trinajstić information content (AvgIpc) is 2.68. The Morgan fingerprint density at radius 3 is 2.74 bits per heavy atom. The number of guanidine groups is 1. The summed E-state index contributed by atoms with van der Waals surface area (Å²) in [6.45, 7) is 0.742. The Hall–Kier alpha value is -2.41. The van der Waals surface area contributed by atoms with Crippen LogP contribution >= 0.6 is 27.5 Å². The third-order valence-electron chi connectivity index (χ3n) is 3.85. The van der Waals surface area contributed by atoms with Crippen LogP contribution in [-0.4, -0.2) is 35.3 Å². The number of phenols is 1. The van der Waals surface area contributed by atoms with Crippen LogP contribution in [0.4, 0.5) is 5.69 Å². The van der Waals surface area contributed by atoms with E-state index in [2.05, 4.69) is 31.9 Å². The van der Waals surface area contributed by atoms with Crippen molar-refractivity contribution in [3.05, 3.63) is 57.0 Å². The van der Waals surface area contributed by atoms with E-state index in [0.29, 0.717) is 22.3 Å². The molecule has 0 spiro atoms. The molecule has 0 aromatic heterocycles. The van der Waals surface area contributed by atoms with Crippen molar-refractivity contribution in [3.8, 4) is 5.75 Å². The van der Waals surface area contributed by atoms with Gasteiger partial charge in [0.25, 0.3) is 0 Å². The van der Waals surface area contributed by atoms with Crippen LogP contribution in [-0.2, 0) is 21.1 Å². The lowest BCUT2D eigenvalue weighted by atomic mass is 10.0.